The van der Waals surface area contributed by atoms with Gasteiger partial charge < -0.3 is 33.8 Å². The lowest BCUT2D eigenvalue weighted by Gasteiger charge is -2.21. The van der Waals surface area contributed by atoms with Crippen LogP contribution < -0.4 is 0 Å². The Hall–Kier alpha value is -2.46. The summed E-state index contributed by atoms with van der Waals surface area (Å²) in [5, 5.41) is 10.6. The lowest BCUT2D eigenvalue weighted by atomic mass is 9.99. The van der Waals surface area contributed by atoms with Crippen LogP contribution >= 0.6 is 15.6 Å². The van der Waals surface area contributed by atoms with Crippen molar-refractivity contribution < 1.29 is 80.2 Å². The van der Waals surface area contributed by atoms with E-state index in [2.05, 4.69) is 72.8 Å². The first-order chi connectivity index (χ1) is 46.8. The van der Waals surface area contributed by atoms with Crippen LogP contribution in [0.2, 0.25) is 0 Å². The second-order valence-electron chi connectivity index (χ2n) is 28.1. The molecule has 0 rings (SSSR count). The van der Waals surface area contributed by atoms with Crippen LogP contribution in [0.5, 0.6) is 0 Å². The van der Waals surface area contributed by atoms with Gasteiger partial charge in [-0.2, -0.15) is 0 Å². The Kier molecular flexibility index (Phi) is 66.3. The molecule has 19 heteroatoms. The van der Waals surface area contributed by atoms with E-state index in [0.717, 1.165) is 127 Å². The molecule has 5 unspecified atom stereocenters. The highest BCUT2D eigenvalue weighted by molar-refractivity contribution is 7.47. The summed E-state index contributed by atoms with van der Waals surface area (Å²) in [6.45, 7) is 11.9. The molecule has 0 aromatic heterocycles. The van der Waals surface area contributed by atoms with E-state index in [0.29, 0.717) is 25.7 Å². The van der Waals surface area contributed by atoms with Gasteiger partial charge in [-0.25, -0.2) is 9.13 Å². The standard InChI is InChI=1S/C78H148O17P2/c1-8-12-13-14-15-16-17-18-19-24-27-33-38-47-54-61-77(82)94-73(65-88-75(80)59-52-45-37-32-26-23-21-20-22-25-30-35-42-49-56-69(5)9-2)67-92-96(84,85)90-63-72(79)64-91-97(86,87)93-68-74(66-89-76(81)60-53-46-41-40-44-51-58-71(7)11-4)95-78(83)62-55-48-39-34-29-28-31-36-43-50-57-70(6)10-3/h16-19,69-74,79H,8-15,20-68H2,1-7H3,(H,84,85)(H,86,87)/b17-16-,19-18-/t69?,70?,71?,72-,73-,74-/m1/s1. The molecule has 97 heavy (non-hydrogen) atoms. The third kappa shape index (κ3) is 67.8. The Morgan fingerprint density at radius 2 is 0.577 bits per heavy atom. The average Bonchev–Trinajstić information content (AvgIpc) is 1.32. The number of carbonyl (C=O) groups is 4. The van der Waals surface area contributed by atoms with Crippen LogP contribution in [0.1, 0.15) is 376 Å². The van der Waals surface area contributed by atoms with Crippen molar-refractivity contribution >= 4 is 39.5 Å². The van der Waals surface area contributed by atoms with E-state index in [1.807, 2.05) is 0 Å². The van der Waals surface area contributed by atoms with Crippen molar-refractivity contribution in [3.8, 4) is 0 Å². The number of aliphatic hydroxyl groups is 1. The van der Waals surface area contributed by atoms with Gasteiger partial charge in [0.2, 0.25) is 0 Å². The second-order valence-corrected chi connectivity index (χ2v) is 31.0. The van der Waals surface area contributed by atoms with Gasteiger partial charge in [0.25, 0.3) is 0 Å². The first-order valence-electron chi connectivity index (χ1n) is 39.8. The molecule has 0 aliphatic carbocycles. The number of ether oxygens (including phenoxy) is 4. The first kappa shape index (κ1) is 94.5. The Morgan fingerprint density at radius 3 is 0.866 bits per heavy atom. The minimum absolute atomic E-state index is 0.0849. The average molecular weight is 1420 g/mol. The molecule has 0 aliphatic rings. The fourth-order valence-corrected chi connectivity index (χ4v) is 12.9. The lowest BCUT2D eigenvalue weighted by molar-refractivity contribution is -0.161. The Morgan fingerprint density at radius 1 is 0.330 bits per heavy atom. The maximum atomic E-state index is 13.1. The molecule has 0 heterocycles. The van der Waals surface area contributed by atoms with Gasteiger partial charge in [0, 0.05) is 25.7 Å². The molecule has 0 radical (unpaired) electrons. The zero-order chi connectivity index (χ0) is 71.6. The van der Waals surface area contributed by atoms with Gasteiger partial charge in [0.1, 0.15) is 19.3 Å². The van der Waals surface area contributed by atoms with Crippen molar-refractivity contribution in [3.05, 3.63) is 24.3 Å². The van der Waals surface area contributed by atoms with Crippen LogP contribution in [-0.4, -0.2) is 96.7 Å². The van der Waals surface area contributed by atoms with Crippen molar-refractivity contribution in [1.29, 1.82) is 0 Å². The normalized spacial score (nSPS) is 15.0. The summed E-state index contributed by atoms with van der Waals surface area (Å²) in [6.07, 6.45) is 57.6. The van der Waals surface area contributed by atoms with Crippen LogP contribution in [0.3, 0.4) is 0 Å². The largest absolute Gasteiger partial charge is 0.472 e. The highest BCUT2D eigenvalue weighted by Crippen LogP contribution is 2.45. The summed E-state index contributed by atoms with van der Waals surface area (Å²) < 4.78 is 68.5. The first-order valence-corrected chi connectivity index (χ1v) is 42.8. The van der Waals surface area contributed by atoms with Gasteiger partial charge in [0.15, 0.2) is 12.2 Å². The topological polar surface area (TPSA) is 237 Å². The van der Waals surface area contributed by atoms with Crippen LogP contribution in [0.15, 0.2) is 24.3 Å². The Balaban J connectivity index is 5.29. The molecule has 0 aromatic rings. The summed E-state index contributed by atoms with van der Waals surface area (Å²) >= 11 is 0. The number of carbonyl (C=O) groups excluding carboxylic acids is 4. The lowest BCUT2D eigenvalue weighted by Crippen LogP contribution is -2.30. The zero-order valence-corrected chi connectivity index (χ0v) is 64.8. The van der Waals surface area contributed by atoms with Crippen molar-refractivity contribution in [2.45, 2.75) is 394 Å². The van der Waals surface area contributed by atoms with Gasteiger partial charge in [-0.15, -0.1) is 0 Å². The molecule has 3 N–H and O–H groups in total. The maximum Gasteiger partial charge on any atom is 0.472 e. The van der Waals surface area contributed by atoms with E-state index >= 15 is 0 Å². The Bertz CT molecular complexity index is 1990. The molecule has 0 bridgehead atoms. The van der Waals surface area contributed by atoms with E-state index < -0.39 is 97.5 Å². The molecular weight excluding hydrogens is 1270 g/mol. The van der Waals surface area contributed by atoms with Crippen molar-refractivity contribution in [1.82, 2.24) is 0 Å². The third-order valence-corrected chi connectivity index (χ3v) is 20.5. The van der Waals surface area contributed by atoms with Crippen LogP contribution in [0.25, 0.3) is 0 Å². The van der Waals surface area contributed by atoms with Crippen LogP contribution in [-0.2, 0) is 65.4 Å². The van der Waals surface area contributed by atoms with E-state index in [-0.39, 0.29) is 25.7 Å². The fraction of sp³-hybridized carbons (Fsp3) is 0.897. The van der Waals surface area contributed by atoms with E-state index in [1.54, 1.807) is 0 Å². The number of phosphoric ester groups is 2. The molecule has 0 spiro atoms. The highest BCUT2D eigenvalue weighted by atomic mass is 31.2. The van der Waals surface area contributed by atoms with E-state index in [1.165, 1.54) is 167 Å². The molecule has 0 aromatic carbocycles. The number of esters is 4. The van der Waals surface area contributed by atoms with Crippen molar-refractivity contribution in [2.75, 3.05) is 39.6 Å². The number of rotatable bonds is 74. The number of allylic oxidation sites excluding steroid dienone is 4. The summed E-state index contributed by atoms with van der Waals surface area (Å²) in [6, 6.07) is 0. The monoisotopic (exact) mass is 1420 g/mol. The van der Waals surface area contributed by atoms with Gasteiger partial charge in [0.05, 0.1) is 26.4 Å². The number of aliphatic hydroxyl groups excluding tert-OH is 1. The zero-order valence-electron chi connectivity index (χ0n) is 63.0. The van der Waals surface area contributed by atoms with Gasteiger partial charge >= 0.3 is 39.5 Å². The molecular formula is C78H148O17P2. The van der Waals surface area contributed by atoms with E-state index in [4.69, 9.17) is 37.0 Å². The van der Waals surface area contributed by atoms with Crippen molar-refractivity contribution in [3.63, 3.8) is 0 Å². The van der Waals surface area contributed by atoms with Gasteiger partial charge in [-0.05, 0) is 69.1 Å². The smallest absolute Gasteiger partial charge is 0.462 e. The molecule has 17 nitrogen and oxygen atoms in total. The predicted octanol–water partition coefficient (Wildman–Crippen LogP) is 22.5. The summed E-state index contributed by atoms with van der Waals surface area (Å²) in [4.78, 5) is 72.9. The molecule has 0 aliphatic heterocycles. The maximum absolute atomic E-state index is 13.1. The summed E-state index contributed by atoms with van der Waals surface area (Å²) in [5.41, 5.74) is 0. The second kappa shape index (κ2) is 68.0. The molecule has 0 saturated heterocycles. The van der Waals surface area contributed by atoms with Crippen LogP contribution in [0.4, 0.5) is 0 Å². The molecule has 8 atom stereocenters. The van der Waals surface area contributed by atoms with Crippen molar-refractivity contribution in [2.24, 2.45) is 17.8 Å². The van der Waals surface area contributed by atoms with Crippen LogP contribution in [0, 0.1) is 17.8 Å². The molecule has 572 valence electrons. The number of hydrogen-bond acceptors (Lipinski definition) is 15. The third-order valence-electron chi connectivity index (χ3n) is 18.6. The number of phosphoric acid groups is 2. The minimum atomic E-state index is -4.97. The number of unbranched alkanes of at least 4 members (excludes halogenated alkanes) is 36. The minimum Gasteiger partial charge on any atom is -0.462 e. The highest BCUT2D eigenvalue weighted by Gasteiger charge is 2.30. The summed E-state index contributed by atoms with van der Waals surface area (Å²) in [7, 11) is -9.93. The van der Waals surface area contributed by atoms with Gasteiger partial charge in [-0.1, -0.05) is 323 Å². The quantitative estimate of drug-likeness (QED) is 0.0169. The number of hydrogen-bond donors (Lipinski definition) is 3. The summed E-state index contributed by atoms with van der Waals surface area (Å²) in [5.74, 6) is 0.231. The molecule has 0 amide bonds. The van der Waals surface area contributed by atoms with E-state index in [9.17, 15) is 43.2 Å². The van der Waals surface area contributed by atoms with Gasteiger partial charge in [-0.3, -0.25) is 37.3 Å². The fourth-order valence-electron chi connectivity index (χ4n) is 11.3. The molecule has 0 saturated carbocycles. The molecule has 0 fully saturated rings. The SMILES string of the molecule is CCCCCC/C=C\C=C/CCCCCCCC(=O)O[C@H](COC(=O)CCCCCCCCCCCCCCCCC(C)CC)COP(=O)(O)OC[C@@H](O)COP(=O)(O)OC[C@@H](COC(=O)CCCCCCCCC(C)CC)OC(=O)CCCCCCCCCCCCC(C)CC. The Labute approximate surface area is 592 Å². The predicted molar refractivity (Wildman–Crippen MR) is 395 cm³/mol.